The van der Waals surface area contributed by atoms with Crippen LogP contribution in [0.5, 0.6) is 11.5 Å². The first-order valence-corrected chi connectivity index (χ1v) is 5.47. The van der Waals surface area contributed by atoms with Gasteiger partial charge in [-0.15, -0.1) is 5.26 Å². The normalized spacial score (nSPS) is 9.00. The zero-order valence-corrected chi connectivity index (χ0v) is 9.89. The average Bonchev–Trinajstić information content (AvgIpc) is 2.47. The monoisotopic (exact) mass is 254 g/mol. The molecule has 0 saturated heterocycles. The summed E-state index contributed by atoms with van der Waals surface area (Å²) in [6, 6.07) is 17.9. The summed E-state index contributed by atoms with van der Waals surface area (Å²) in [7, 11) is 0. The second kappa shape index (κ2) is 6.67. The summed E-state index contributed by atoms with van der Waals surface area (Å²) in [5.41, 5.74) is 0. The van der Waals surface area contributed by atoms with Crippen molar-refractivity contribution < 1.29 is 14.3 Å². The van der Waals surface area contributed by atoms with E-state index in [0.717, 1.165) is 0 Å². The van der Waals surface area contributed by atoms with E-state index in [4.69, 9.17) is 14.7 Å². The second-order valence-corrected chi connectivity index (χ2v) is 3.37. The van der Waals surface area contributed by atoms with Crippen molar-refractivity contribution in [3.8, 4) is 17.8 Å². The third-order valence-corrected chi connectivity index (χ3v) is 2.06. The molecule has 0 saturated carbocycles. The van der Waals surface area contributed by atoms with Crippen LogP contribution >= 0.6 is 0 Å². The molecule has 0 amide bonds. The quantitative estimate of drug-likeness (QED) is 0.365. The van der Waals surface area contributed by atoms with Crippen LogP contribution in [0.1, 0.15) is 0 Å². The molecular weight excluding hydrogens is 244 g/mol. The average molecular weight is 254 g/mol. The van der Waals surface area contributed by atoms with Gasteiger partial charge in [0.05, 0.1) is 0 Å². The zero-order valence-electron chi connectivity index (χ0n) is 9.89. The molecule has 19 heavy (non-hydrogen) atoms. The van der Waals surface area contributed by atoms with Gasteiger partial charge in [-0.1, -0.05) is 36.4 Å². The van der Waals surface area contributed by atoms with Crippen LogP contribution < -0.4 is 9.47 Å². The van der Waals surface area contributed by atoms with Crippen LogP contribution in [0.25, 0.3) is 0 Å². The Morgan fingerprint density at radius 1 is 0.842 bits per heavy atom. The standard InChI is InChI=1S/C14H10N2O3/c15-11-17-16-14(18-12-7-3-1-4-8-12)19-13-9-5-2-6-10-13/h1-10H. The van der Waals surface area contributed by atoms with Gasteiger partial charge in [-0.3, -0.25) is 4.84 Å². The SMILES string of the molecule is N#CON=C(Oc1ccccc1)Oc1ccccc1. The van der Waals surface area contributed by atoms with Crippen molar-refractivity contribution in [3.05, 3.63) is 60.7 Å². The van der Waals surface area contributed by atoms with Gasteiger partial charge in [-0.05, 0) is 24.3 Å². The molecule has 2 aromatic carbocycles. The topological polar surface area (TPSA) is 63.8 Å². The van der Waals surface area contributed by atoms with E-state index in [1.54, 1.807) is 48.5 Å². The highest BCUT2D eigenvalue weighted by Gasteiger charge is 2.07. The number of ether oxygens (including phenoxy) is 2. The minimum absolute atomic E-state index is 0.168. The first-order chi connectivity index (χ1) is 9.38. The number of rotatable bonds is 3. The Morgan fingerprint density at radius 2 is 1.32 bits per heavy atom. The van der Waals surface area contributed by atoms with Crippen LogP contribution in [0.2, 0.25) is 0 Å². The molecular formula is C14H10N2O3. The van der Waals surface area contributed by atoms with E-state index in [1.807, 2.05) is 12.1 Å². The number of oxime groups is 1. The maximum absolute atomic E-state index is 8.36. The Balaban J connectivity index is 2.11. The number of hydrogen-bond donors (Lipinski definition) is 0. The van der Waals surface area contributed by atoms with Gasteiger partial charge in [0, 0.05) is 5.16 Å². The second-order valence-electron chi connectivity index (χ2n) is 3.37. The predicted molar refractivity (Wildman–Crippen MR) is 68.3 cm³/mol. The van der Waals surface area contributed by atoms with E-state index < -0.39 is 0 Å². The summed E-state index contributed by atoms with van der Waals surface area (Å²) in [6.45, 7) is 0. The molecule has 0 radical (unpaired) electrons. The summed E-state index contributed by atoms with van der Waals surface area (Å²) < 4.78 is 10.7. The van der Waals surface area contributed by atoms with Crippen molar-refractivity contribution in [2.45, 2.75) is 0 Å². The predicted octanol–water partition coefficient (Wildman–Crippen LogP) is 2.91. The molecule has 0 heterocycles. The maximum atomic E-state index is 8.36. The molecule has 5 nitrogen and oxygen atoms in total. The molecule has 0 aliphatic heterocycles. The molecule has 0 aromatic heterocycles. The van der Waals surface area contributed by atoms with Gasteiger partial charge in [-0.25, -0.2) is 0 Å². The van der Waals surface area contributed by atoms with Gasteiger partial charge in [0.25, 0.3) is 0 Å². The van der Waals surface area contributed by atoms with Crippen LogP contribution in [-0.2, 0) is 4.84 Å². The van der Waals surface area contributed by atoms with Crippen LogP contribution in [0.15, 0.2) is 65.8 Å². The van der Waals surface area contributed by atoms with Gasteiger partial charge in [-0.2, -0.15) is 0 Å². The lowest BCUT2D eigenvalue weighted by molar-refractivity contribution is 0.250. The third kappa shape index (κ3) is 4.06. The lowest BCUT2D eigenvalue weighted by Crippen LogP contribution is -2.16. The van der Waals surface area contributed by atoms with Crippen LogP contribution in [0.4, 0.5) is 0 Å². The van der Waals surface area contributed by atoms with Crippen molar-refractivity contribution >= 4 is 6.08 Å². The van der Waals surface area contributed by atoms with E-state index in [2.05, 4.69) is 9.99 Å². The summed E-state index contributed by atoms with van der Waals surface area (Å²) in [5.74, 6) is 1.05. The molecule has 0 N–H and O–H groups in total. The fourth-order valence-electron chi connectivity index (χ4n) is 1.29. The Bertz CT molecular complexity index is 533. The van der Waals surface area contributed by atoms with E-state index >= 15 is 0 Å². The van der Waals surface area contributed by atoms with Gasteiger partial charge < -0.3 is 9.47 Å². The first kappa shape index (κ1) is 12.5. The number of hydrogen-bond acceptors (Lipinski definition) is 5. The maximum Gasteiger partial charge on any atom is 0.434 e. The molecule has 5 heteroatoms. The van der Waals surface area contributed by atoms with Crippen molar-refractivity contribution in [3.63, 3.8) is 0 Å². The van der Waals surface area contributed by atoms with Crippen LogP contribution in [0, 0.1) is 11.5 Å². The Labute approximate surface area is 110 Å². The largest absolute Gasteiger partial charge is 0.434 e. The Morgan fingerprint density at radius 3 is 1.74 bits per heavy atom. The van der Waals surface area contributed by atoms with Crippen molar-refractivity contribution in [2.75, 3.05) is 0 Å². The molecule has 0 unspecified atom stereocenters. The lowest BCUT2D eigenvalue weighted by atomic mass is 10.3. The highest BCUT2D eigenvalue weighted by molar-refractivity contribution is 5.72. The molecule has 0 spiro atoms. The molecule has 0 aliphatic rings. The summed E-state index contributed by atoms with van der Waals surface area (Å²) in [4.78, 5) is 4.28. The van der Waals surface area contributed by atoms with Crippen molar-refractivity contribution in [2.24, 2.45) is 5.16 Å². The number of benzene rings is 2. The van der Waals surface area contributed by atoms with E-state index in [1.165, 1.54) is 6.26 Å². The van der Waals surface area contributed by atoms with Gasteiger partial charge in [0.2, 0.25) is 0 Å². The molecule has 2 rings (SSSR count). The minimum atomic E-state index is -0.168. The van der Waals surface area contributed by atoms with Gasteiger partial charge >= 0.3 is 12.3 Å². The minimum Gasteiger partial charge on any atom is -0.409 e. The summed E-state index contributed by atoms with van der Waals surface area (Å²) in [6.07, 6.45) is 1.25. The third-order valence-electron chi connectivity index (χ3n) is 2.06. The van der Waals surface area contributed by atoms with Gasteiger partial charge in [0.15, 0.2) is 0 Å². The fraction of sp³-hybridized carbons (Fsp3) is 0. The number of nitriles is 1. The molecule has 0 fully saturated rings. The van der Waals surface area contributed by atoms with Crippen LogP contribution in [0.3, 0.4) is 0 Å². The van der Waals surface area contributed by atoms with Crippen molar-refractivity contribution in [1.82, 2.24) is 0 Å². The zero-order chi connectivity index (χ0) is 13.3. The Hall–Kier alpha value is -3.00. The molecule has 0 bridgehead atoms. The van der Waals surface area contributed by atoms with Crippen LogP contribution in [-0.4, -0.2) is 6.08 Å². The van der Waals surface area contributed by atoms with Gasteiger partial charge in [0.1, 0.15) is 11.5 Å². The van der Waals surface area contributed by atoms with Crippen molar-refractivity contribution in [1.29, 1.82) is 5.26 Å². The molecule has 2 aromatic rings. The van der Waals surface area contributed by atoms with E-state index in [0.29, 0.717) is 11.5 Å². The van der Waals surface area contributed by atoms with E-state index in [9.17, 15) is 0 Å². The summed E-state index contributed by atoms with van der Waals surface area (Å²) in [5, 5.41) is 11.8. The summed E-state index contributed by atoms with van der Waals surface area (Å²) >= 11 is 0. The first-order valence-electron chi connectivity index (χ1n) is 5.47. The lowest BCUT2D eigenvalue weighted by Gasteiger charge is -2.08. The molecule has 94 valence electrons. The molecule has 0 aliphatic carbocycles. The highest BCUT2D eigenvalue weighted by Crippen LogP contribution is 2.13. The number of nitrogens with zero attached hydrogens (tertiary/aromatic N) is 2. The highest BCUT2D eigenvalue weighted by atomic mass is 16.7. The van der Waals surface area contributed by atoms with E-state index in [-0.39, 0.29) is 6.08 Å². The Kier molecular flexibility index (Phi) is 4.37. The fourth-order valence-corrected chi connectivity index (χ4v) is 1.29. The smallest absolute Gasteiger partial charge is 0.409 e. The number of para-hydroxylation sites is 2. The molecule has 0 atom stereocenters.